The van der Waals surface area contributed by atoms with E-state index in [-0.39, 0.29) is 17.1 Å². The molecule has 0 aliphatic rings. The molecular formula is C10H9F6IN2O2. The first-order valence-electron chi connectivity index (χ1n) is 5.29. The van der Waals surface area contributed by atoms with Gasteiger partial charge in [0.15, 0.2) is 19.0 Å². The maximum absolute atomic E-state index is 12.1. The van der Waals surface area contributed by atoms with Gasteiger partial charge in [0.1, 0.15) is 5.69 Å². The Kier molecular flexibility index (Phi) is 5.75. The van der Waals surface area contributed by atoms with Crippen LogP contribution < -0.4 is 13.0 Å². The van der Waals surface area contributed by atoms with Gasteiger partial charge in [-0.3, -0.25) is 0 Å². The quantitative estimate of drug-likeness (QED) is 0.436. The first kappa shape index (κ1) is 17.9. The molecule has 0 aliphatic heterocycles. The molecule has 1 heterocycles. The van der Waals surface area contributed by atoms with Crippen LogP contribution in [0.2, 0.25) is 0 Å². The lowest BCUT2D eigenvalue weighted by atomic mass is 10.3. The van der Waals surface area contributed by atoms with Crippen LogP contribution in [0.25, 0.3) is 0 Å². The number of rotatable bonds is 5. The Morgan fingerprint density at radius 2 is 1.62 bits per heavy atom. The summed E-state index contributed by atoms with van der Waals surface area (Å²) >= 11 is 1.52. The molecule has 1 N–H and O–H groups in total. The van der Waals surface area contributed by atoms with E-state index in [4.69, 9.17) is 0 Å². The first-order chi connectivity index (χ1) is 9.52. The minimum absolute atomic E-state index is 0.153. The van der Waals surface area contributed by atoms with Crippen molar-refractivity contribution in [3.05, 3.63) is 11.8 Å². The zero-order chi connectivity index (χ0) is 16.3. The third kappa shape index (κ3) is 6.44. The first-order valence-corrected chi connectivity index (χ1v) is 6.37. The summed E-state index contributed by atoms with van der Waals surface area (Å²) in [5.74, 6) is -0.787. The number of anilines is 1. The van der Waals surface area contributed by atoms with Gasteiger partial charge >= 0.3 is 12.4 Å². The average molecular weight is 430 g/mol. The Morgan fingerprint density at radius 1 is 1.10 bits per heavy atom. The van der Waals surface area contributed by atoms with Crippen LogP contribution in [0.15, 0.2) is 6.07 Å². The lowest BCUT2D eigenvalue weighted by Crippen LogP contribution is -2.21. The number of nitrogens with zero attached hydrogens (tertiary/aromatic N) is 1. The third-order valence-electron chi connectivity index (χ3n) is 1.94. The predicted molar refractivity (Wildman–Crippen MR) is 69.7 cm³/mol. The van der Waals surface area contributed by atoms with Crippen LogP contribution in [0.3, 0.4) is 0 Å². The molecule has 0 saturated carbocycles. The number of alkyl halides is 6. The van der Waals surface area contributed by atoms with E-state index in [2.05, 4.69) is 18.0 Å². The second kappa shape index (κ2) is 6.75. The Labute approximate surface area is 129 Å². The van der Waals surface area contributed by atoms with Crippen LogP contribution in [0.4, 0.5) is 32.0 Å². The molecule has 4 nitrogen and oxygen atoms in total. The van der Waals surface area contributed by atoms with Crippen molar-refractivity contribution in [2.24, 2.45) is 0 Å². The standard InChI is InChI=1S/C10H9F6IN2O2/c1-5-2-6(20-3-9(11,12)13)7(19-17)8(18-5)21-4-10(14,15)16/h2,19H,3-4H2,1H3. The van der Waals surface area contributed by atoms with E-state index < -0.39 is 31.4 Å². The smallest absolute Gasteiger partial charge is 0.422 e. The molecular weight excluding hydrogens is 421 g/mol. The van der Waals surface area contributed by atoms with Crippen LogP contribution in [-0.2, 0) is 0 Å². The zero-order valence-electron chi connectivity index (χ0n) is 10.4. The number of aromatic nitrogens is 1. The summed E-state index contributed by atoms with van der Waals surface area (Å²) in [4.78, 5) is 3.70. The molecule has 0 aliphatic carbocycles. The van der Waals surface area contributed by atoms with Gasteiger partial charge in [0.05, 0.1) is 22.9 Å². The molecule has 0 atom stereocenters. The van der Waals surface area contributed by atoms with E-state index in [1.165, 1.54) is 29.8 Å². The molecule has 11 heteroatoms. The minimum Gasteiger partial charge on any atom is -0.482 e. The molecule has 0 amide bonds. The van der Waals surface area contributed by atoms with Crippen molar-refractivity contribution in [3.8, 4) is 11.6 Å². The molecule has 0 saturated heterocycles. The number of nitrogens with one attached hydrogen (secondary N) is 1. The van der Waals surface area contributed by atoms with E-state index >= 15 is 0 Å². The number of halogens is 7. The lowest BCUT2D eigenvalue weighted by Gasteiger charge is -2.16. The number of pyridine rings is 1. The van der Waals surface area contributed by atoms with E-state index in [1.807, 2.05) is 0 Å². The molecule has 21 heavy (non-hydrogen) atoms. The van der Waals surface area contributed by atoms with E-state index in [0.29, 0.717) is 0 Å². The Hall–Kier alpha value is -1.14. The Morgan fingerprint density at radius 3 is 2.10 bits per heavy atom. The van der Waals surface area contributed by atoms with Crippen LogP contribution in [0, 0.1) is 6.92 Å². The van der Waals surface area contributed by atoms with Crippen molar-refractivity contribution >= 4 is 28.6 Å². The summed E-state index contributed by atoms with van der Waals surface area (Å²) in [6.45, 7) is -1.81. The number of ether oxygens (including phenoxy) is 2. The van der Waals surface area contributed by atoms with Crippen molar-refractivity contribution < 1.29 is 35.8 Å². The van der Waals surface area contributed by atoms with Crippen molar-refractivity contribution in [1.29, 1.82) is 0 Å². The van der Waals surface area contributed by atoms with E-state index in [0.717, 1.165) is 6.07 Å². The molecule has 0 unspecified atom stereocenters. The highest BCUT2D eigenvalue weighted by molar-refractivity contribution is 14.1. The Balaban J connectivity index is 3.00. The number of hydrogen-bond acceptors (Lipinski definition) is 4. The number of aryl methyl sites for hydroxylation is 1. The summed E-state index contributed by atoms with van der Waals surface area (Å²) in [6, 6.07) is 1.16. The topological polar surface area (TPSA) is 43.4 Å². The fraction of sp³-hybridized carbons (Fsp3) is 0.500. The van der Waals surface area contributed by atoms with Crippen LogP contribution in [0.5, 0.6) is 11.6 Å². The fourth-order valence-electron chi connectivity index (χ4n) is 1.23. The van der Waals surface area contributed by atoms with Crippen LogP contribution in [0.1, 0.15) is 5.69 Å². The molecule has 0 spiro atoms. The molecule has 120 valence electrons. The van der Waals surface area contributed by atoms with Gasteiger partial charge in [-0.1, -0.05) is 0 Å². The van der Waals surface area contributed by atoms with Gasteiger partial charge in [-0.15, -0.1) is 0 Å². The third-order valence-corrected chi connectivity index (χ3v) is 2.48. The summed E-state index contributed by atoms with van der Waals surface area (Å²) in [5, 5.41) is 0. The molecule has 0 fully saturated rings. The maximum Gasteiger partial charge on any atom is 0.422 e. The fourth-order valence-corrected chi connectivity index (χ4v) is 1.73. The Bertz CT molecular complexity index is 452. The summed E-state index contributed by atoms with van der Waals surface area (Å²) < 4.78 is 84.2. The summed E-state index contributed by atoms with van der Waals surface area (Å²) in [7, 11) is 0. The predicted octanol–water partition coefficient (Wildman–Crippen LogP) is 4.03. The van der Waals surface area contributed by atoms with Crippen LogP contribution >= 0.6 is 22.9 Å². The lowest BCUT2D eigenvalue weighted by molar-refractivity contribution is -0.154. The van der Waals surface area contributed by atoms with Gasteiger partial charge in [-0.25, -0.2) is 4.98 Å². The normalized spacial score (nSPS) is 12.2. The second-order valence-corrected chi connectivity index (χ2v) is 4.38. The molecule has 1 aromatic rings. The molecule has 0 aromatic carbocycles. The summed E-state index contributed by atoms with van der Waals surface area (Å²) in [5.41, 5.74) is -0.0468. The molecule has 0 bridgehead atoms. The molecule has 1 rings (SSSR count). The van der Waals surface area contributed by atoms with E-state index in [1.54, 1.807) is 0 Å². The molecule has 1 aromatic heterocycles. The largest absolute Gasteiger partial charge is 0.482 e. The van der Waals surface area contributed by atoms with Gasteiger partial charge in [-0.05, 0) is 6.92 Å². The van der Waals surface area contributed by atoms with Gasteiger partial charge in [0.2, 0.25) is 5.88 Å². The second-order valence-electron chi connectivity index (χ2n) is 3.84. The monoisotopic (exact) mass is 430 g/mol. The minimum atomic E-state index is -4.60. The SMILES string of the molecule is Cc1cc(OCC(F)(F)F)c(NI)c(OCC(F)(F)F)n1. The average Bonchev–Trinajstić information content (AvgIpc) is 2.31. The highest BCUT2D eigenvalue weighted by atomic mass is 127. The van der Waals surface area contributed by atoms with Crippen molar-refractivity contribution in [3.63, 3.8) is 0 Å². The van der Waals surface area contributed by atoms with Crippen molar-refractivity contribution in [1.82, 2.24) is 4.98 Å². The van der Waals surface area contributed by atoms with Crippen LogP contribution in [-0.4, -0.2) is 30.6 Å². The van der Waals surface area contributed by atoms with Crippen molar-refractivity contribution in [2.45, 2.75) is 19.3 Å². The van der Waals surface area contributed by atoms with Gasteiger partial charge in [0.25, 0.3) is 0 Å². The zero-order valence-corrected chi connectivity index (χ0v) is 12.6. The number of hydrogen-bond donors (Lipinski definition) is 1. The molecule has 0 radical (unpaired) electrons. The van der Waals surface area contributed by atoms with Crippen molar-refractivity contribution in [2.75, 3.05) is 16.7 Å². The summed E-state index contributed by atoms with van der Waals surface area (Å²) in [6.07, 6.45) is -9.17. The van der Waals surface area contributed by atoms with Gasteiger partial charge in [0, 0.05) is 11.8 Å². The van der Waals surface area contributed by atoms with Gasteiger partial charge in [-0.2, -0.15) is 26.3 Å². The van der Waals surface area contributed by atoms with E-state index in [9.17, 15) is 26.3 Å². The highest BCUT2D eigenvalue weighted by Gasteiger charge is 2.31. The maximum atomic E-state index is 12.1. The van der Waals surface area contributed by atoms with Gasteiger partial charge < -0.3 is 13.0 Å². The highest BCUT2D eigenvalue weighted by Crippen LogP contribution is 2.36.